The predicted molar refractivity (Wildman–Crippen MR) is 76.1 cm³/mol. The molecule has 9 heteroatoms. The van der Waals surface area contributed by atoms with Crippen LogP contribution in [0.15, 0.2) is 34.5 Å². The van der Waals surface area contributed by atoms with Gasteiger partial charge in [0, 0.05) is 11.4 Å². The van der Waals surface area contributed by atoms with Crippen LogP contribution in [-0.4, -0.2) is 13.3 Å². The number of aryl methyl sites for hydroxylation is 1. The van der Waals surface area contributed by atoms with E-state index in [1.807, 2.05) is 18.4 Å². The average molecular weight is 330 g/mol. The molecule has 21 heavy (non-hydrogen) atoms. The van der Waals surface area contributed by atoms with E-state index in [-0.39, 0.29) is 6.54 Å². The Kier molecular flexibility index (Phi) is 4.35. The highest BCUT2D eigenvalue weighted by Crippen LogP contribution is 2.27. The van der Waals surface area contributed by atoms with Gasteiger partial charge in [-0.1, -0.05) is 6.07 Å². The molecule has 0 amide bonds. The molecule has 0 atom stereocenters. The minimum atomic E-state index is -4.18. The van der Waals surface area contributed by atoms with E-state index in [4.69, 9.17) is 0 Å². The number of halogens is 1. The van der Waals surface area contributed by atoms with Gasteiger partial charge in [-0.25, -0.2) is 13.1 Å². The maximum atomic E-state index is 13.5. The summed E-state index contributed by atoms with van der Waals surface area (Å²) in [5.41, 5.74) is -0.135. The van der Waals surface area contributed by atoms with Gasteiger partial charge in [0.25, 0.3) is 0 Å². The van der Waals surface area contributed by atoms with Gasteiger partial charge in [0.05, 0.1) is 4.92 Å². The molecule has 2 aromatic rings. The van der Waals surface area contributed by atoms with Crippen molar-refractivity contribution in [2.24, 2.45) is 0 Å². The van der Waals surface area contributed by atoms with Crippen molar-refractivity contribution in [1.82, 2.24) is 4.72 Å². The van der Waals surface area contributed by atoms with E-state index in [1.54, 1.807) is 0 Å². The number of nitro benzene ring substituents is 1. The summed E-state index contributed by atoms with van der Waals surface area (Å²) in [6.45, 7) is 1.82. The molecule has 1 aromatic carbocycles. The zero-order chi connectivity index (χ0) is 15.6. The number of benzene rings is 1. The van der Waals surface area contributed by atoms with Gasteiger partial charge in [-0.2, -0.15) is 4.39 Å². The van der Waals surface area contributed by atoms with Crippen molar-refractivity contribution >= 4 is 27.0 Å². The summed E-state index contributed by atoms with van der Waals surface area (Å²) in [6.07, 6.45) is 0. The first-order valence-electron chi connectivity index (χ1n) is 5.78. The Labute approximate surface area is 124 Å². The van der Waals surface area contributed by atoms with Gasteiger partial charge in [0.15, 0.2) is 4.90 Å². The second-order valence-electron chi connectivity index (χ2n) is 4.20. The Hall–Kier alpha value is -1.84. The fourth-order valence-electron chi connectivity index (χ4n) is 1.71. The molecular formula is C12H11FN2O4S2. The first-order chi connectivity index (χ1) is 9.83. The zero-order valence-corrected chi connectivity index (χ0v) is 12.5. The lowest BCUT2D eigenvalue weighted by Crippen LogP contribution is -2.24. The molecule has 0 spiro atoms. The summed E-state index contributed by atoms with van der Waals surface area (Å²) >= 11 is 1.36. The molecule has 0 unspecified atom stereocenters. The first kappa shape index (κ1) is 15.5. The summed E-state index contributed by atoms with van der Waals surface area (Å²) in [4.78, 5) is 9.92. The molecule has 0 aliphatic rings. The maximum absolute atomic E-state index is 13.5. The Morgan fingerprint density at radius 2 is 2.10 bits per heavy atom. The standard InChI is InChI=1S/C12H11FN2O4S2/c1-8-5-6-20-10(8)7-14-21(18,19)11-4-2-3-9(13)12(11)15(16)17/h2-6,14H,7H2,1H3. The van der Waals surface area contributed by atoms with Crippen molar-refractivity contribution in [2.75, 3.05) is 0 Å². The normalized spacial score (nSPS) is 11.5. The second-order valence-corrected chi connectivity index (χ2v) is 6.93. The summed E-state index contributed by atoms with van der Waals surface area (Å²) in [7, 11) is -4.18. The molecule has 6 nitrogen and oxygen atoms in total. The molecular weight excluding hydrogens is 319 g/mol. The van der Waals surface area contributed by atoms with Crippen LogP contribution in [0.3, 0.4) is 0 Å². The Morgan fingerprint density at radius 1 is 1.38 bits per heavy atom. The fourth-order valence-corrected chi connectivity index (χ4v) is 3.82. The number of nitrogens with zero attached hydrogens (tertiary/aromatic N) is 1. The highest BCUT2D eigenvalue weighted by Gasteiger charge is 2.29. The number of rotatable bonds is 5. The van der Waals surface area contributed by atoms with E-state index in [0.29, 0.717) is 0 Å². The van der Waals surface area contributed by atoms with Crippen LogP contribution in [0.5, 0.6) is 0 Å². The van der Waals surface area contributed by atoms with Crippen molar-refractivity contribution in [3.63, 3.8) is 0 Å². The molecule has 0 aliphatic carbocycles. The number of hydrogen-bond donors (Lipinski definition) is 1. The van der Waals surface area contributed by atoms with Crippen LogP contribution in [0.25, 0.3) is 0 Å². The van der Waals surface area contributed by atoms with Gasteiger partial charge in [0.1, 0.15) is 0 Å². The highest BCUT2D eigenvalue weighted by atomic mass is 32.2. The van der Waals surface area contributed by atoms with Gasteiger partial charge in [-0.05, 0) is 36.1 Å². The van der Waals surface area contributed by atoms with Crippen LogP contribution in [0.1, 0.15) is 10.4 Å². The van der Waals surface area contributed by atoms with Crippen LogP contribution in [0, 0.1) is 22.9 Å². The van der Waals surface area contributed by atoms with Crippen molar-refractivity contribution < 1.29 is 17.7 Å². The average Bonchev–Trinajstić information content (AvgIpc) is 2.81. The first-order valence-corrected chi connectivity index (χ1v) is 8.15. The topological polar surface area (TPSA) is 89.3 Å². The van der Waals surface area contributed by atoms with Gasteiger partial charge in [-0.15, -0.1) is 11.3 Å². The minimum absolute atomic E-state index is 0.000495. The summed E-state index contributed by atoms with van der Waals surface area (Å²) < 4.78 is 40.0. The smallest absolute Gasteiger partial charge is 0.258 e. The molecule has 0 aliphatic heterocycles. The maximum Gasteiger partial charge on any atom is 0.324 e. The predicted octanol–water partition coefficient (Wildman–Crippen LogP) is 2.58. The van der Waals surface area contributed by atoms with E-state index in [9.17, 15) is 22.9 Å². The van der Waals surface area contributed by atoms with Crippen LogP contribution in [0.2, 0.25) is 0 Å². The third-order valence-electron chi connectivity index (χ3n) is 2.81. The number of thiophene rings is 1. The Morgan fingerprint density at radius 3 is 2.67 bits per heavy atom. The third-order valence-corrected chi connectivity index (χ3v) is 5.27. The molecule has 0 radical (unpaired) electrons. The largest absolute Gasteiger partial charge is 0.324 e. The van der Waals surface area contributed by atoms with Gasteiger partial charge < -0.3 is 0 Å². The molecule has 112 valence electrons. The number of sulfonamides is 1. The molecule has 1 N–H and O–H groups in total. The second kappa shape index (κ2) is 5.88. The molecule has 0 fully saturated rings. The molecule has 1 aromatic heterocycles. The Balaban J connectivity index is 2.34. The number of nitrogens with one attached hydrogen (secondary N) is 1. The van der Waals surface area contributed by atoms with Crippen LogP contribution in [0.4, 0.5) is 10.1 Å². The molecule has 2 rings (SSSR count). The van der Waals surface area contributed by atoms with E-state index >= 15 is 0 Å². The lowest BCUT2D eigenvalue weighted by Gasteiger charge is -2.07. The number of nitro groups is 1. The molecule has 0 saturated carbocycles. The lowest BCUT2D eigenvalue weighted by molar-refractivity contribution is -0.390. The number of hydrogen-bond acceptors (Lipinski definition) is 5. The lowest BCUT2D eigenvalue weighted by atomic mass is 10.3. The quantitative estimate of drug-likeness (QED) is 0.674. The highest BCUT2D eigenvalue weighted by molar-refractivity contribution is 7.89. The minimum Gasteiger partial charge on any atom is -0.258 e. The zero-order valence-electron chi connectivity index (χ0n) is 10.9. The molecule has 0 saturated heterocycles. The van der Waals surface area contributed by atoms with Gasteiger partial charge >= 0.3 is 5.69 Å². The van der Waals surface area contributed by atoms with Crippen molar-refractivity contribution in [3.05, 3.63) is 56.0 Å². The van der Waals surface area contributed by atoms with Gasteiger partial charge in [0.2, 0.25) is 15.8 Å². The van der Waals surface area contributed by atoms with Crippen molar-refractivity contribution in [2.45, 2.75) is 18.4 Å². The van der Waals surface area contributed by atoms with Crippen molar-refractivity contribution in [3.8, 4) is 0 Å². The SMILES string of the molecule is Cc1ccsc1CNS(=O)(=O)c1cccc(F)c1[N+](=O)[O-]. The monoisotopic (exact) mass is 330 g/mol. The van der Waals surface area contributed by atoms with Crippen molar-refractivity contribution in [1.29, 1.82) is 0 Å². The molecule has 0 bridgehead atoms. The Bertz CT molecular complexity index is 786. The van der Waals surface area contributed by atoms with Gasteiger partial charge in [-0.3, -0.25) is 10.1 Å². The third kappa shape index (κ3) is 3.26. The molecule has 1 heterocycles. The van der Waals surface area contributed by atoms with E-state index in [1.165, 1.54) is 11.3 Å². The summed E-state index contributed by atoms with van der Waals surface area (Å²) in [6, 6.07) is 4.80. The van der Waals surface area contributed by atoms with Crippen LogP contribution < -0.4 is 4.72 Å². The van der Waals surface area contributed by atoms with E-state index < -0.39 is 31.3 Å². The van der Waals surface area contributed by atoms with Crippen LogP contribution >= 0.6 is 11.3 Å². The fraction of sp³-hybridized carbons (Fsp3) is 0.167. The summed E-state index contributed by atoms with van der Waals surface area (Å²) in [5, 5.41) is 12.7. The van der Waals surface area contributed by atoms with E-state index in [2.05, 4.69) is 4.72 Å². The number of para-hydroxylation sites is 1. The summed E-state index contributed by atoms with van der Waals surface area (Å²) in [5.74, 6) is -1.19. The van der Waals surface area contributed by atoms with E-state index in [0.717, 1.165) is 28.6 Å². The van der Waals surface area contributed by atoms with Crippen LogP contribution in [-0.2, 0) is 16.6 Å².